The average molecular weight is 333 g/mol. The third-order valence-corrected chi connectivity index (χ3v) is 3.76. The van der Waals surface area contributed by atoms with Crippen LogP contribution in [0.4, 0.5) is 13.2 Å². The molecular formula is C18H14F3NO2. The topological polar surface area (TPSA) is 38.3 Å². The quantitative estimate of drug-likeness (QED) is 0.925. The van der Waals surface area contributed by atoms with Crippen molar-refractivity contribution in [2.45, 2.75) is 12.3 Å². The molecule has 3 nitrogen and oxygen atoms in total. The second-order valence-electron chi connectivity index (χ2n) is 5.31. The Hall–Kier alpha value is -2.76. The predicted molar refractivity (Wildman–Crippen MR) is 82.7 cm³/mol. The molecule has 2 aromatic rings. The molecule has 1 aliphatic heterocycles. The first-order chi connectivity index (χ1) is 11.4. The number of benzene rings is 2. The number of Topliss-reactive ketones (excluding diaryl/α,β-unsaturated/α-hetero) is 1. The molecule has 124 valence electrons. The van der Waals surface area contributed by atoms with E-state index in [2.05, 4.69) is 5.32 Å². The molecule has 0 aromatic heterocycles. The Kier molecular flexibility index (Phi) is 4.05. The second-order valence-corrected chi connectivity index (χ2v) is 5.31. The lowest BCUT2D eigenvalue weighted by Gasteiger charge is -2.11. The van der Waals surface area contributed by atoms with E-state index in [1.807, 2.05) is 6.07 Å². The van der Waals surface area contributed by atoms with Gasteiger partial charge in [0.1, 0.15) is 0 Å². The minimum Gasteiger partial charge on any atom is -0.462 e. The van der Waals surface area contributed by atoms with Crippen molar-refractivity contribution in [3.8, 4) is 0 Å². The van der Waals surface area contributed by atoms with Crippen molar-refractivity contribution < 1.29 is 22.7 Å². The molecular weight excluding hydrogens is 319 g/mol. The van der Waals surface area contributed by atoms with Gasteiger partial charge in [-0.3, -0.25) is 4.79 Å². The highest BCUT2D eigenvalue weighted by Gasteiger charge is 2.38. The highest BCUT2D eigenvalue weighted by Crippen LogP contribution is 2.38. The fourth-order valence-corrected chi connectivity index (χ4v) is 2.63. The molecule has 1 aliphatic rings. The van der Waals surface area contributed by atoms with Crippen LogP contribution in [0.5, 0.6) is 0 Å². The van der Waals surface area contributed by atoms with Crippen LogP contribution in [0.1, 0.15) is 22.8 Å². The molecule has 6 heteroatoms. The first kappa shape index (κ1) is 16.1. The van der Waals surface area contributed by atoms with Crippen LogP contribution in [0.25, 0.3) is 5.57 Å². The van der Waals surface area contributed by atoms with E-state index in [1.54, 1.807) is 31.3 Å². The standard InChI is InChI=1S/C18H14F3NO2/c1-22-17-14(12-8-5-9-13(10-12)18(19,20)21)15(23)16(24-17)11-6-3-2-4-7-11/h2-10,16,22H,1H3/t16-/m0/s1. The summed E-state index contributed by atoms with van der Waals surface area (Å²) in [5, 5.41) is 2.76. The zero-order valence-corrected chi connectivity index (χ0v) is 12.7. The summed E-state index contributed by atoms with van der Waals surface area (Å²) in [5.74, 6) is -0.196. The van der Waals surface area contributed by atoms with E-state index in [-0.39, 0.29) is 22.8 Å². The van der Waals surface area contributed by atoms with Gasteiger partial charge in [-0.2, -0.15) is 13.2 Å². The summed E-state index contributed by atoms with van der Waals surface area (Å²) >= 11 is 0. The lowest BCUT2D eigenvalue weighted by Crippen LogP contribution is -2.10. The van der Waals surface area contributed by atoms with Crippen LogP contribution in [0.3, 0.4) is 0 Å². The third-order valence-electron chi connectivity index (χ3n) is 3.76. The zero-order chi connectivity index (χ0) is 17.3. The summed E-state index contributed by atoms with van der Waals surface area (Å²) < 4.78 is 44.4. The number of alkyl halides is 3. The molecule has 0 unspecified atom stereocenters. The van der Waals surface area contributed by atoms with Gasteiger partial charge in [0, 0.05) is 12.6 Å². The SMILES string of the molecule is CNC1=C(c2cccc(C(F)(F)F)c2)C(=O)[C@H](c2ccccc2)O1. The molecule has 1 heterocycles. The fourth-order valence-electron chi connectivity index (χ4n) is 2.63. The van der Waals surface area contributed by atoms with E-state index in [9.17, 15) is 18.0 Å². The smallest absolute Gasteiger partial charge is 0.416 e. The van der Waals surface area contributed by atoms with Crippen molar-refractivity contribution in [1.82, 2.24) is 5.32 Å². The normalized spacial score (nSPS) is 17.8. The molecule has 0 spiro atoms. The molecule has 24 heavy (non-hydrogen) atoms. The van der Waals surface area contributed by atoms with E-state index >= 15 is 0 Å². The van der Waals surface area contributed by atoms with Crippen LogP contribution in [0.15, 0.2) is 60.5 Å². The first-order valence-corrected chi connectivity index (χ1v) is 7.27. The molecule has 1 atom stereocenters. The molecule has 1 N–H and O–H groups in total. The molecule has 0 saturated heterocycles. The van der Waals surface area contributed by atoms with E-state index in [0.29, 0.717) is 5.56 Å². The lowest BCUT2D eigenvalue weighted by molar-refractivity contribution is -0.137. The Balaban J connectivity index is 2.02. The molecule has 0 radical (unpaired) electrons. The van der Waals surface area contributed by atoms with Crippen molar-refractivity contribution in [2.75, 3.05) is 7.05 Å². The number of carbonyl (C=O) groups is 1. The number of ether oxygens (including phenoxy) is 1. The van der Waals surface area contributed by atoms with E-state index in [1.165, 1.54) is 12.1 Å². The number of hydrogen-bond donors (Lipinski definition) is 1. The second kappa shape index (κ2) is 6.03. The van der Waals surface area contributed by atoms with Crippen molar-refractivity contribution in [3.05, 3.63) is 77.2 Å². The van der Waals surface area contributed by atoms with Gasteiger partial charge < -0.3 is 10.1 Å². The van der Waals surface area contributed by atoms with Gasteiger partial charge in [0.15, 0.2) is 12.0 Å². The molecule has 2 aromatic carbocycles. The van der Waals surface area contributed by atoms with E-state index in [0.717, 1.165) is 12.1 Å². The molecule has 3 rings (SSSR count). The van der Waals surface area contributed by atoms with Crippen LogP contribution in [0, 0.1) is 0 Å². The summed E-state index contributed by atoms with van der Waals surface area (Å²) in [4.78, 5) is 12.7. The Labute approximate surface area is 136 Å². The van der Waals surface area contributed by atoms with Crippen LogP contribution in [0.2, 0.25) is 0 Å². The summed E-state index contributed by atoms with van der Waals surface area (Å²) in [6.07, 6.45) is -5.34. The maximum absolute atomic E-state index is 12.9. The number of ketones is 1. The van der Waals surface area contributed by atoms with Crippen molar-refractivity contribution in [2.24, 2.45) is 0 Å². The molecule has 0 bridgehead atoms. The van der Waals surface area contributed by atoms with Gasteiger partial charge in [0.25, 0.3) is 0 Å². The van der Waals surface area contributed by atoms with Crippen LogP contribution in [-0.2, 0) is 15.7 Å². The monoisotopic (exact) mass is 333 g/mol. The van der Waals surface area contributed by atoms with Gasteiger partial charge in [-0.05, 0) is 17.7 Å². The minimum absolute atomic E-state index is 0.123. The van der Waals surface area contributed by atoms with Crippen LogP contribution in [-0.4, -0.2) is 12.8 Å². The minimum atomic E-state index is -4.47. The Bertz CT molecular complexity index is 797. The zero-order valence-electron chi connectivity index (χ0n) is 12.7. The Morgan fingerprint density at radius 3 is 2.38 bits per heavy atom. The lowest BCUT2D eigenvalue weighted by atomic mass is 9.96. The number of nitrogens with one attached hydrogen (secondary N) is 1. The van der Waals surface area contributed by atoms with E-state index < -0.39 is 17.8 Å². The third kappa shape index (κ3) is 2.87. The highest BCUT2D eigenvalue weighted by molar-refractivity contribution is 6.25. The van der Waals surface area contributed by atoms with Gasteiger partial charge in [-0.25, -0.2) is 0 Å². The summed E-state index contributed by atoms with van der Waals surface area (Å²) in [7, 11) is 1.56. The maximum Gasteiger partial charge on any atom is 0.416 e. The predicted octanol–water partition coefficient (Wildman–Crippen LogP) is 3.93. The van der Waals surface area contributed by atoms with Crippen LogP contribution >= 0.6 is 0 Å². The molecule has 0 saturated carbocycles. The summed E-state index contributed by atoms with van der Waals surface area (Å²) in [6, 6.07) is 13.5. The first-order valence-electron chi connectivity index (χ1n) is 7.27. The van der Waals surface area contributed by atoms with Gasteiger partial charge in [0.2, 0.25) is 5.78 Å². The number of rotatable bonds is 3. The Morgan fingerprint density at radius 1 is 1.04 bits per heavy atom. The molecule has 0 amide bonds. The number of halogens is 3. The van der Waals surface area contributed by atoms with Crippen molar-refractivity contribution in [1.29, 1.82) is 0 Å². The number of carbonyl (C=O) groups excluding carboxylic acids is 1. The van der Waals surface area contributed by atoms with Crippen molar-refractivity contribution in [3.63, 3.8) is 0 Å². The van der Waals surface area contributed by atoms with E-state index in [4.69, 9.17) is 4.74 Å². The molecule has 0 fully saturated rings. The molecule has 0 aliphatic carbocycles. The van der Waals surface area contributed by atoms with Gasteiger partial charge >= 0.3 is 6.18 Å². The highest BCUT2D eigenvalue weighted by atomic mass is 19.4. The van der Waals surface area contributed by atoms with Gasteiger partial charge in [0.05, 0.1) is 11.1 Å². The van der Waals surface area contributed by atoms with Crippen LogP contribution < -0.4 is 5.32 Å². The largest absolute Gasteiger partial charge is 0.462 e. The summed E-state index contributed by atoms with van der Waals surface area (Å²) in [6.45, 7) is 0. The van der Waals surface area contributed by atoms with Gasteiger partial charge in [-0.15, -0.1) is 0 Å². The fraction of sp³-hybridized carbons (Fsp3) is 0.167. The van der Waals surface area contributed by atoms with Crippen molar-refractivity contribution >= 4 is 11.4 Å². The van der Waals surface area contributed by atoms with Gasteiger partial charge in [-0.1, -0.05) is 42.5 Å². The summed E-state index contributed by atoms with van der Waals surface area (Å²) in [5.41, 5.74) is 0.145. The maximum atomic E-state index is 12.9. The Morgan fingerprint density at radius 2 is 1.75 bits per heavy atom. The number of hydrogen-bond acceptors (Lipinski definition) is 3. The average Bonchev–Trinajstić information content (AvgIpc) is 2.91.